The number of nitrogens with one attached hydrogen (secondary N) is 1. The van der Waals surface area contributed by atoms with Crippen LogP contribution in [0.2, 0.25) is 5.02 Å². The van der Waals surface area contributed by atoms with Gasteiger partial charge in [-0.3, -0.25) is 4.79 Å². The van der Waals surface area contributed by atoms with Crippen LogP contribution in [0.5, 0.6) is 0 Å². The quantitative estimate of drug-likeness (QED) is 0.519. The number of anilines is 1. The van der Waals surface area contributed by atoms with Gasteiger partial charge in [0.05, 0.1) is 13.2 Å². The zero-order chi connectivity index (χ0) is 16.5. The second kappa shape index (κ2) is 9.05. The molecule has 0 saturated carbocycles. The number of nitrogens with zero attached hydrogens (tertiary/aromatic N) is 2. The third kappa shape index (κ3) is 5.04. The van der Waals surface area contributed by atoms with Crippen LogP contribution in [-0.4, -0.2) is 47.3 Å². The normalized spacial score (nSPS) is 11.0. The SMILES string of the molecule is Cc1ccc(Cl)cc1N/C=C(/C#N)C(=O)N(CCO)CCO. The molecule has 7 heteroatoms. The van der Waals surface area contributed by atoms with Gasteiger partial charge in [-0.25, -0.2) is 0 Å². The highest BCUT2D eigenvalue weighted by atomic mass is 35.5. The van der Waals surface area contributed by atoms with Crippen LogP contribution < -0.4 is 5.32 Å². The molecule has 0 fully saturated rings. The minimum Gasteiger partial charge on any atom is -0.395 e. The highest BCUT2D eigenvalue weighted by Crippen LogP contribution is 2.20. The minimum absolute atomic E-state index is 0.0502. The molecular formula is C15H18ClN3O3. The fourth-order valence-electron chi connectivity index (χ4n) is 1.77. The summed E-state index contributed by atoms with van der Waals surface area (Å²) in [6.07, 6.45) is 1.29. The molecule has 6 nitrogen and oxygen atoms in total. The van der Waals surface area contributed by atoms with Gasteiger partial charge >= 0.3 is 0 Å². The van der Waals surface area contributed by atoms with Crippen LogP contribution >= 0.6 is 11.6 Å². The Morgan fingerprint density at radius 3 is 2.59 bits per heavy atom. The predicted molar refractivity (Wildman–Crippen MR) is 84.3 cm³/mol. The fraction of sp³-hybridized carbons (Fsp3) is 0.333. The van der Waals surface area contributed by atoms with Crippen molar-refractivity contribution in [1.82, 2.24) is 4.90 Å². The van der Waals surface area contributed by atoms with Gasteiger partial charge in [0.15, 0.2) is 0 Å². The van der Waals surface area contributed by atoms with Crippen LogP contribution in [0.4, 0.5) is 5.69 Å². The molecule has 1 amide bonds. The lowest BCUT2D eigenvalue weighted by molar-refractivity contribution is -0.127. The maximum atomic E-state index is 12.2. The lowest BCUT2D eigenvalue weighted by Crippen LogP contribution is -2.36. The van der Waals surface area contributed by atoms with Gasteiger partial charge in [-0.05, 0) is 24.6 Å². The van der Waals surface area contributed by atoms with Crippen molar-refractivity contribution in [3.8, 4) is 6.07 Å². The number of aliphatic hydroxyl groups excluding tert-OH is 2. The number of hydrogen-bond acceptors (Lipinski definition) is 5. The smallest absolute Gasteiger partial charge is 0.266 e. The van der Waals surface area contributed by atoms with Crippen molar-refractivity contribution in [3.63, 3.8) is 0 Å². The summed E-state index contributed by atoms with van der Waals surface area (Å²) in [4.78, 5) is 13.4. The van der Waals surface area contributed by atoms with Gasteiger partial charge in [0.1, 0.15) is 11.6 Å². The van der Waals surface area contributed by atoms with Crippen LogP contribution in [0.1, 0.15) is 5.56 Å². The second-order valence-corrected chi connectivity index (χ2v) is 4.95. The number of hydrogen-bond donors (Lipinski definition) is 3. The van der Waals surface area contributed by atoms with Crippen molar-refractivity contribution in [2.24, 2.45) is 0 Å². The Morgan fingerprint density at radius 1 is 1.41 bits per heavy atom. The summed E-state index contributed by atoms with van der Waals surface area (Å²) >= 11 is 5.91. The highest BCUT2D eigenvalue weighted by molar-refractivity contribution is 6.30. The summed E-state index contributed by atoms with van der Waals surface area (Å²) in [5, 5.41) is 30.4. The summed E-state index contributed by atoms with van der Waals surface area (Å²) in [7, 11) is 0. The lowest BCUT2D eigenvalue weighted by Gasteiger charge is -2.20. The monoisotopic (exact) mass is 323 g/mol. The van der Waals surface area contributed by atoms with Gasteiger partial charge in [-0.1, -0.05) is 17.7 Å². The molecule has 1 aromatic carbocycles. The molecule has 0 saturated heterocycles. The van der Waals surface area contributed by atoms with Gasteiger partial charge < -0.3 is 20.4 Å². The summed E-state index contributed by atoms with van der Waals surface area (Å²) in [6, 6.07) is 7.06. The first kappa shape index (κ1) is 18.0. The van der Waals surface area contributed by atoms with Gasteiger partial charge in [0.2, 0.25) is 0 Å². The van der Waals surface area contributed by atoms with Gasteiger partial charge in [-0.15, -0.1) is 0 Å². The number of carbonyl (C=O) groups is 1. The standard InChI is InChI=1S/C15H18ClN3O3/c1-11-2-3-13(16)8-14(11)18-10-12(9-17)15(22)19(4-6-20)5-7-21/h2-3,8,10,18,20-21H,4-7H2,1H3/b12-10-. The topological polar surface area (TPSA) is 96.6 Å². The third-order valence-corrected chi connectivity index (χ3v) is 3.18. The van der Waals surface area contributed by atoms with Crippen LogP contribution in [0, 0.1) is 18.3 Å². The van der Waals surface area contributed by atoms with Crippen molar-refractivity contribution in [2.45, 2.75) is 6.92 Å². The first-order chi connectivity index (χ1) is 10.5. The third-order valence-electron chi connectivity index (χ3n) is 2.95. The average molecular weight is 324 g/mol. The van der Waals surface area contributed by atoms with Gasteiger partial charge in [0.25, 0.3) is 5.91 Å². The second-order valence-electron chi connectivity index (χ2n) is 4.51. The molecule has 0 radical (unpaired) electrons. The van der Waals surface area contributed by atoms with Crippen molar-refractivity contribution >= 4 is 23.2 Å². The molecule has 118 valence electrons. The number of carbonyl (C=O) groups excluding carboxylic acids is 1. The highest BCUT2D eigenvalue weighted by Gasteiger charge is 2.17. The van der Waals surface area contributed by atoms with E-state index in [1.165, 1.54) is 11.1 Å². The van der Waals surface area contributed by atoms with Gasteiger partial charge in [-0.2, -0.15) is 5.26 Å². The van der Waals surface area contributed by atoms with Crippen molar-refractivity contribution in [2.75, 3.05) is 31.6 Å². The molecule has 22 heavy (non-hydrogen) atoms. The van der Waals surface area contributed by atoms with Crippen molar-refractivity contribution in [3.05, 3.63) is 40.6 Å². The van der Waals surface area contributed by atoms with E-state index in [1.54, 1.807) is 12.1 Å². The molecule has 0 aliphatic carbocycles. The fourth-order valence-corrected chi connectivity index (χ4v) is 1.94. The molecule has 1 aromatic rings. The van der Waals surface area contributed by atoms with E-state index >= 15 is 0 Å². The van der Waals surface area contributed by atoms with E-state index < -0.39 is 5.91 Å². The number of rotatable bonds is 7. The molecule has 0 aromatic heterocycles. The van der Waals surface area contributed by atoms with Crippen LogP contribution in [0.25, 0.3) is 0 Å². The Labute approximate surface area is 134 Å². The number of nitriles is 1. The molecule has 3 N–H and O–H groups in total. The predicted octanol–water partition coefficient (Wildman–Crippen LogP) is 1.28. The van der Waals surface area contributed by atoms with E-state index in [9.17, 15) is 4.79 Å². The largest absolute Gasteiger partial charge is 0.395 e. The summed E-state index contributed by atoms with van der Waals surface area (Å²) in [5.41, 5.74) is 1.47. The zero-order valence-electron chi connectivity index (χ0n) is 12.2. The number of benzene rings is 1. The van der Waals surface area contributed by atoms with Crippen molar-refractivity contribution < 1.29 is 15.0 Å². The van der Waals surface area contributed by atoms with Crippen LogP contribution in [0.15, 0.2) is 30.0 Å². The van der Waals surface area contributed by atoms with E-state index in [0.29, 0.717) is 10.7 Å². The van der Waals surface area contributed by atoms with E-state index in [1.807, 2.05) is 19.1 Å². The first-order valence-corrected chi connectivity index (χ1v) is 7.05. The van der Waals surface area contributed by atoms with E-state index in [-0.39, 0.29) is 31.9 Å². The maximum absolute atomic E-state index is 12.2. The molecular weight excluding hydrogens is 306 g/mol. The van der Waals surface area contributed by atoms with Gasteiger partial charge in [0, 0.05) is 30.0 Å². The Balaban J connectivity index is 2.92. The lowest BCUT2D eigenvalue weighted by atomic mass is 10.2. The molecule has 0 spiro atoms. The molecule has 0 heterocycles. The Morgan fingerprint density at radius 2 is 2.05 bits per heavy atom. The van der Waals surface area contributed by atoms with Crippen LogP contribution in [-0.2, 0) is 4.79 Å². The molecule has 0 atom stereocenters. The van der Waals surface area contributed by atoms with E-state index in [4.69, 9.17) is 27.1 Å². The number of aryl methyl sites for hydroxylation is 1. The van der Waals surface area contributed by atoms with E-state index in [0.717, 1.165) is 5.56 Å². The average Bonchev–Trinajstić information content (AvgIpc) is 2.50. The Hall–Kier alpha value is -2.07. The minimum atomic E-state index is -0.558. The maximum Gasteiger partial charge on any atom is 0.266 e. The van der Waals surface area contributed by atoms with Crippen LogP contribution in [0.3, 0.4) is 0 Å². The van der Waals surface area contributed by atoms with E-state index in [2.05, 4.69) is 5.32 Å². The summed E-state index contributed by atoms with van der Waals surface area (Å²) in [6.45, 7) is 1.48. The molecule has 0 bridgehead atoms. The molecule has 0 aliphatic heterocycles. The number of halogens is 1. The summed E-state index contributed by atoms with van der Waals surface area (Å²) < 4.78 is 0. The zero-order valence-corrected chi connectivity index (χ0v) is 13.0. The van der Waals surface area contributed by atoms with Crippen molar-refractivity contribution in [1.29, 1.82) is 5.26 Å². The Kier molecular flexibility index (Phi) is 7.40. The summed E-state index contributed by atoms with van der Waals surface area (Å²) in [5.74, 6) is -0.558. The number of aliphatic hydroxyl groups is 2. The molecule has 1 rings (SSSR count). The number of amides is 1. The Bertz CT molecular complexity index is 590. The first-order valence-electron chi connectivity index (χ1n) is 6.67. The molecule has 0 unspecified atom stereocenters. The molecule has 0 aliphatic rings.